The molecule has 25 heavy (non-hydrogen) atoms. The molecule has 1 aromatic carbocycles. The first kappa shape index (κ1) is 18.2. The molecule has 0 N–H and O–H groups in total. The van der Waals surface area contributed by atoms with Crippen LogP contribution in [-0.2, 0) is 16.0 Å². The Morgan fingerprint density at radius 3 is 2.72 bits per heavy atom. The Morgan fingerprint density at radius 1 is 1.24 bits per heavy atom. The summed E-state index contributed by atoms with van der Waals surface area (Å²) in [5.41, 5.74) is 0.923. The molecule has 1 amide bonds. The van der Waals surface area contributed by atoms with E-state index in [9.17, 15) is 9.59 Å². The van der Waals surface area contributed by atoms with Gasteiger partial charge in [0.25, 0.3) is 0 Å². The smallest absolute Gasteiger partial charge is 0.226 e. The molecule has 1 saturated carbocycles. The normalized spacial score (nSPS) is 21.6. The summed E-state index contributed by atoms with van der Waals surface area (Å²) >= 11 is 6.44. The van der Waals surface area contributed by atoms with Gasteiger partial charge in [-0.2, -0.15) is 0 Å². The second kappa shape index (κ2) is 8.22. The number of hydrogen-bond acceptors (Lipinski definition) is 3. The van der Waals surface area contributed by atoms with Crippen molar-refractivity contribution in [3.05, 3.63) is 28.8 Å². The maximum Gasteiger partial charge on any atom is 0.226 e. The van der Waals surface area contributed by atoms with Crippen LogP contribution in [0.2, 0.25) is 5.02 Å². The molecule has 5 heteroatoms. The van der Waals surface area contributed by atoms with E-state index in [1.165, 1.54) is 26.2 Å². The van der Waals surface area contributed by atoms with Gasteiger partial charge in [0.1, 0.15) is 12.4 Å². The maximum absolute atomic E-state index is 12.8. The predicted molar refractivity (Wildman–Crippen MR) is 98.0 cm³/mol. The molecule has 1 aromatic rings. The van der Waals surface area contributed by atoms with Crippen LogP contribution >= 0.6 is 11.6 Å². The van der Waals surface area contributed by atoms with Crippen molar-refractivity contribution in [2.45, 2.75) is 57.9 Å². The summed E-state index contributed by atoms with van der Waals surface area (Å²) in [4.78, 5) is 26.0. The first-order valence-corrected chi connectivity index (χ1v) is 9.64. The standard InChI is InChI=1S/C20H26ClNO3/c1-14(23)13-25-18-9-5-6-15(19(18)21)12-16-10-11-22(20(16)24)17-7-3-2-4-8-17/h5-6,9,16-17H,2-4,7-8,10-13H2,1H3. The van der Waals surface area contributed by atoms with Crippen LogP contribution in [0.3, 0.4) is 0 Å². The van der Waals surface area contributed by atoms with Crippen molar-refractivity contribution >= 4 is 23.3 Å². The number of Topliss-reactive ketones (excluding diaryl/α,β-unsaturated/α-hetero) is 1. The summed E-state index contributed by atoms with van der Waals surface area (Å²) in [7, 11) is 0. The van der Waals surface area contributed by atoms with Crippen molar-refractivity contribution in [1.82, 2.24) is 4.90 Å². The van der Waals surface area contributed by atoms with E-state index in [-0.39, 0.29) is 24.2 Å². The van der Waals surface area contributed by atoms with E-state index in [4.69, 9.17) is 16.3 Å². The van der Waals surface area contributed by atoms with Crippen LogP contribution in [0.4, 0.5) is 0 Å². The van der Waals surface area contributed by atoms with Gasteiger partial charge in [0.05, 0.1) is 5.02 Å². The van der Waals surface area contributed by atoms with E-state index in [2.05, 4.69) is 4.90 Å². The van der Waals surface area contributed by atoms with Crippen LogP contribution in [0, 0.1) is 5.92 Å². The van der Waals surface area contributed by atoms with Crippen molar-refractivity contribution in [2.24, 2.45) is 5.92 Å². The second-order valence-electron chi connectivity index (χ2n) is 7.23. The molecule has 0 spiro atoms. The van der Waals surface area contributed by atoms with Crippen LogP contribution in [0.25, 0.3) is 0 Å². The lowest BCUT2D eigenvalue weighted by molar-refractivity contribution is -0.133. The number of nitrogens with zero attached hydrogens (tertiary/aromatic N) is 1. The topological polar surface area (TPSA) is 46.6 Å². The van der Waals surface area contributed by atoms with Gasteiger partial charge in [-0.15, -0.1) is 0 Å². The number of carbonyl (C=O) groups is 2. The third-order valence-corrected chi connectivity index (χ3v) is 5.74. The first-order chi connectivity index (χ1) is 12.1. The summed E-state index contributed by atoms with van der Waals surface area (Å²) in [5, 5.41) is 0.521. The SMILES string of the molecule is CC(=O)COc1cccc(CC2CCN(C3CCCCC3)C2=O)c1Cl. The van der Waals surface area contributed by atoms with Crippen molar-refractivity contribution in [2.75, 3.05) is 13.2 Å². The second-order valence-corrected chi connectivity index (χ2v) is 7.61. The molecule has 2 fully saturated rings. The number of carbonyl (C=O) groups excluding carboxylic acids is 2. The molecule has 1 aliphatic carbocycles. The molecule has 1 saturated heterocycles. The Labute approximate surface area is 154 Å². The van der Waals surface area contributed by atoms with Crippen molar-refractivity contribution < 1.29 is 14.3 Å². The van der Waals surface area contributed by atoms with Crippen molar-refractivity contribution in [3.8, 4) is 5.75 Å². The minimum Gasteiger partial charge on any atom is -0.484 e. The van der Waals surface area contributed by atoms with E-state index < -0.39 is 0 Å². The van der Waals surface area contributed by atoms with Crippen LogP contribution in [0.5, 0.6) is 5.75 Å². The molecule has 1 atom stereocenters. The fourth-order valence-corrected chi connectivity index (χ4v) is 4.24. The fraction of sp³-hybridized carbons (Fsp3) is 0.600. The molecule has 1 unspecified atom stereocenters. The highest BCUT2D eigenvalue weighted by Crippen LogP contribution is 2.34. The van der Waals surface area contributed by atoms with Crippen molar-refractivity contribution in [1.29, 1.82) is 0 Å². The van der Waals surface area contributed by atoms with Gasteiger partial charge in [-0.1, -0.05) is 43.0 Å². The Morgan fingerprint density at radius 2 is 2.00 bits per heavy atom. The van der Waals surface area contributed by atoms with E-state index in [0.29, 0.717) is 23.2 Å². The van der Waals surface area contributed by atoms with E-state index in [0.717, 1.165) is 31.4 Å². The summed E-state index contributed by atoms with van der Waals surface area (Å²) in [6.07, 6.45) is 7.59. The fourth-order valence-electron chi connectivity index (χ4n) is 3.98. The zero-order valence-electron chi connectivity index (χ0n) is 14.8. The molecular formula is C20H26ClNO3. The van der Waals surface area contributed by atoms with Crippen LogP contribution < -0.4 is 4.74 Å². The Bertz CT molecular complexity index is 640. The molecule has 1 aliphatic heterocycles. The molecule has 1 heterocycles. The van der Waals surface area contributed by atoms with Gasteiger partial charge in [0, 0.05) is 18.5 Å². The minimum atomic E-state index is -0.0458. The number of benzene rings is 1. The van der Waals surface area contributed by atoms with Crippen LogP contribution in [0.1, 0.15) is 51.0 Å². The Kier molecular flexibility index (Phi) is 6.00. The number of likely N-dealkylation sites (tertiary alicyclic amines) is 1. The van der Waals surface area contributed by atoms with Gasteiger partial charge < -0.3 is 9.64 Å². The average Bonchev–Trinajstić information content (AvgIpc) is 2.97. The Balaban J connectivity index is 1.65. The van der Waals surface area contributed by atoms with Gasteiger partial charge >= 0.3 is 0 Å². The number of amides is 1. The number of halogens is 1. The molecule has 0 aromatic heterocycles. The van der Waals surface area contributed by atoms with E-state index in [1.807, 2.05) is 12.1 Å². The highest BCUT2D eigenvalue weighted by Gasteiger charge is 2.36. The lowest BCUT2D eigenvalue weighted by Gasteiger charge is -2.31. The summed E-state index contributed by atoms with van der Waals surface area (Å²) in [5.74, 6) is 0.750. The minimum absolute atomic E-state index is 0.00230. The highest BCUT2D eigenvalue weighted by atomic mass is 35.5. The summed E-state index contributed by atoms with van der Waals surface area (Å²) in [6.45, 7) is 2.36. The lowest BCUT2D eigenvalue weighted by Crippen LogP contribution is -2.39. The zero-order valence-corrected chi connectivity index (χ0v) is 15.6. The van der Waals surface area contributed by atoms with Gasteiger partial charge in [-0.25, -0.2) is 0 Å². The summed E-state index contributed by atoms with van der Waals surface area (Å²) in [6, 6.07) is 6.01. The maximum atomic E-state index is 12.8. The molecule has 3 rings (SSSR count). The number of ketones is 1. The van der Waals surface area contributed by atoms with E-state index in [1.54, 1.807) is 6.07 Å². The lowest BCUT2D eigenvalue weighted by atomic mass is 9.94. The molecule has 2 aliphatic rings. The molecule has 136 valence electrons. The van der Waals surface area contributed by atoms with Crippen LogP contribution in [-0.4, -0.2) is 35.8 Å². The monoisotopic (exact) mass is 363 g/mol. The molecule has 4 nitrogen and oxygen atoms in total. The Hall–Kier alpha value is -1.55. The van der Waals surface area contributed by atoms with Gasteiger partial charge in [-0.3, -0.25) is 9.59 Å². The van der Waals surface area contributed by atoms with Crippen molar-refractivity contribution in [3.63, 3.8) is 0 Å². The number of hydrogen-bond donors (Lipinski definition) is 0. The number of ether oxygens (including phenoxy) is 1. The first-order valence-electron chi connectivity index (χ1n) is 9.26. The largest absolute Gasteiger partial charge is 0.484 e. The predicted octanol–water partition coefficient (Wildman–Crippen LogP) is 4.03. The van der Waals surface area contributed by atoms with Gasteiger partial charge in [0.15, 0.2) is 5.78 Å². The molecule has 0 radical (unpaired) electrons. The van der Waals surface area contributed by atoms with E-state index >= 15 is 0 Å². The third-order valence-electron chi connectivity index (χ3n) is 5.31. The van der Waals surface area contributed by atoms with Gasteiger partial charge in [0.2, 0.25) is 5.91 Å². The van der Waals surface area contributed by atoms with Crippen LogP contribution in [0.15, 0.2) is 18.2 Å². The molecular weight excluding hydrogens is 338 g/mol. The third kappa shape index (κ3) is 4.35. The average molecular weight is 364 g/mol. The highest BCUT2D eigenvalue weighted by molar-refractivity contribution is 6.32. The summed E-state index contributed by atoms with van der Waals surface area (Å²) < 4.78 is 5.47. The number of rotatable bonds is 6. The van der Waals surface area contributed by atoms with Gasteiger partial charge in [-0.05, 0) is 44.2 Å². The molecule has 0 bridgehead atoms. The zero-order chi connectivity index (χ0) is 17.8. The quantitative estimate of drug-likeness (QED) is 0.766.